The van der Waals surface area contributed by atoms with Crippen LogP contribution >= 0.6 is 27.3 Å². The van der Waals surface area contributed by atoms with E-state index in [2.05, 4.69) is 26.9 Å². The Morgan fingerprint density at radius 2 is 1.96 bits per heavy atom. The summed E-state index contributed by atoms with van der Waals surface area (Å²) in [5.41, 5.74) is 2.04. The quantitative estimate of drug-likeness (QED) is 0.605. The van der Waals surface area contributed by atoms with Crippen molar-refractivity contribution in [3.8, 4) is 0 Å². The molecule has 0 spiro atoms. The van der Waals surface area contributed by atoms with Gasteiger partial charge in [0.2, 0.25) is 0 Å². The zero-order valence-corrected chi connectivity index (χ0v) is 16.3. The molecule has 24 heavy (non-hydrogen) atoms. The average molecular weight is 406 g/mol. The fraction of sp³-hybridized carbons (Fsp3) is 0.444. The number of hydrogen-bond donors (Lipinski definition) is 0. The van der Waals surface area contributed by atoms with Crippen molar-refractivity contribution in [2.45, 2.75) is 38.1 Å². The molecular formula is C18H20BrN3OS. The van der Waals surface area contributed by atoms with E-state index in [1.807, 2.05) is 24.7 Å². The van der Waals surface area contributed by atoms with Crippen molar-refractivity contribution in [2.24, 2.45) is 0 Å². The number of fused-ring (bicyclic) bond motifs is 3. The largest absolute Gasteiger partial charge is 0.377 e. The van der Waals surface area contributed by atoms with Gasteiger partial charge in [0.1, 0.15) is 4.70 Å². The first kappa shape index (κ1) is 16.1. The third-order valence-electron chi connectivity index (χ3n) is 4.93. The molecule has 4 rings (SSSR count). The maximum atomic E-state index is 13.1. The van der Waals surface area contributed by atoms with Gasteiger partial charge in [0.15, 0.2) is 0 Å². The Morgan fingerprint density at radius 3 is 2.67 bits per heavy atom. The minimum Gasteiger partial charge on any atom is -0.377 e. The molecule has 0 amide bonds. The molecule has 0 N–H and O–H groups in total. The predicted octanol–water partition coefficient (Wildman–Crippen LogP) is 4.94. The smallest absolute Gasteiger partial charge is 0.271 e. The molecule has 1 saturated carbocycles. The van der Waals surface area contributed by atoms with Crippen LogP contribution in [0.25, 0.3) is 20.3 Å². The molecule has 1 aliphatic carbocycles. The van der Waals surface area contributed by atoms with Crippen LogP contribution in [0.15, 0.2) is 27.7 Å². The highest BCUT2D eigenvalue weighted by Crippen LogP contribution is 2.41. The van der Waals surface area contributed by atoms with Crippen LogP contribution < -0.4 is 10.5 Å². The Hall–Kier alpha value is -1.40. The lowest BCUT2D eigenvalue weighted by Crippen LogP contribution is -2.26. The Balaban J connectivity index is 2.00. The number of benzene rings is 1. The van der Waals surface area contributed by atoms with E-state index in [0.29, 0.717) is 6.04 Å². The van der Waals surface area contributed by atoms with E-state index in [-0.39, 0.29) is 5.56 Å². The molecule has 4 nitrogen and oxygen atoms in total. The second-order valence-electron chi connectivity index (χ2n) is 6.69. The van der Waals surface area contributed by atoms with Gasteiger partial charge in [0.05, 0.1) is 16.5 Å². The van der Waals surface area contributed by atoms with Crippen LogP contribution in [0, 0.1) is 0 Å². The van der Waals surface area contributed by atoms with Crippen molar-refractivity contribution in [2.75, 3.05) is 19.0 Å². The van der Waals surface area contributed by atoms with Crippen molar-refractivity contribution in [3.05, 3.63) is 33.3 Å². The van der Waals surface area contributed by atoms with E-state index in [1.54, 1.807) is 17.7 Å². The van der Waals surface area contributed by atoms with Gasteiger partial charge in [-0.3, -0.25) is 9.36 Å². The monoisotopic (exact) mass is 405 g/mol. The van der Waals surface area contributed by atoms with Crippen LogP contribution in [0.4, 0.5) is 5.69 Å². The number of thiophene rings is 1. The normalized spacial score (nSPS) is 16.1. The van der Waals surface area contributed by atoms with Crippen LogP contribution in [-0.2, 0) is 0 Å². The number of rotatable bonds is 2. The third-order valence-corrected chi connectivity index (χ3v) is 7.06. The molecular weight excluding hydrogens is 386 g/mol. The summed E-state index contributed by atoms with van der Waals surface area (Å²) in [7, 11) is 4.05. The topological polar surface area (TPSA) is 38.1 Å². The highest BCUT2D eigenvalue weighted by molar-refractivity contribution is 9.10. The maximum Gasteiger partial charge on any atom is 0.271 e. The Morgan fingerprint density at radius 1 is 1.21 bits per heavy atom. The van der Waals surface area contributed by atoms with Gasteiger partial charge in [-0.1, -0.05) is 19.3 Å². The predicted molar refractivity (Wildman–Crippen MR) is 106 cm³/mol. The first-order chi connectivity index (χ1) is 11.6. The summed E-state index contributed by atoms with van der Waals surface area (Å²) < 4.78 is 4.77. The average Bonchev–Trinajstić information content (AvgIpc) is 2.98. The third kappa shape index (κ3) is 2.47. The standard InChI is InChI=1S/C18H20BrN3OS/c1-21(2)13-9-8-12(19)16-14(13)15-17(24-16)18(23)22(10-20-15)11-6-4-3-5-7-11/h8-11H,3-7H2,1-2H3. The van der Waals surface area contributed by atoms with Crippen molar-refractivity contribution in [3.63, 3.8) is 0 Å². The zero-order chi connectivity index (χ0) is 16.8. The summed E-state index contributed by atoms with van der Waals surface area (Å²) >= 11 is 5.19. The van der Waals surface area contributed by atoms with Crippen molar-refractivity contribution < 1.29 is 0 Å². The highest BCUT2D eigenvalue weighted by Gasteiger charge is 2.21. The van der Waals surface area contributed by atoms with Gasteiger partial charge in [-0.15, -0.1) is 11.3 Å². The molecule has 3 aromatic rings. The maximum absolute atomic E-state index is 13.1. The van der Waals surface area contributed by atoms with Gasteiger partial charge in [-0.25, -0.2) is 4.98 Å². The number of nitrogens with zero attached hydrogens (tertiary/aromatic N) is 3. The summed E-state index contributed by atoms with van der Waals surface area (Å²) in [6.07, 6.45) is 7.64. The highest BCUT2D eigenvalue weighted by atomic mass is 79.9. The van der Waals surface area contributed by atoms with E-state index in [1.165, 1.54) is 19.3 Å². The van der Waals surface area contributed by atoms with Crippen LogP contribution in [0.5, 0.6) is 0 Å². The Bertz CT molecular complexity index is 970. The van der Waals surface area contributed by atoms with Gasteiger partial charge >= 0.3 is 0 Å². The number of aromatic nitrogens is 2. The molecule has 1 fully saturated rings. The molecule has 0 radical (unpaired) electrons. The fourth-order valence-corrected chi connectivity index (χ4v) is 5.38. The van der Waals surface area contributed by atoms with E-state index in [0.717, 1.165) is 43.3 Å². The second kappa shape index (κ2) is 6.15. The lowest BCUT2D eigenvalue weighted by Gasteiger charge is -2.23. The summed E-state index contributed by atoms with van der Waals surface area (Å²) in [4.78, 5) is 19.9. The number of anilines is 1. The van der Waals surface area contributed by atoms with E-state index in [4.69, 9.17) is 4.98 Å². The minimum atomic E-state index is 0.115. The van der Waals surface area contributed by atoms with Crippen molar-refractivity contribution in [1.29, 1.82) is 0 Å². The van der Waals surface area contributed by atoms with Gasteiger partial charge < -0.3 is 4.90 Å². The van der Waals surface area contributed by atoms with Gasteiger partial charge in [0, 0.05) is 35.7 Å². The molecule has 0 unspecified atom stereocenters. The zero-order valence-electron chi connectivity index (χ0n) is 13.9. The van der Waals surface area contributed by atoms with Gasteiger partial charge in [-0.2, -0.15) is 0 Å². The molecule has 0 saturated heterocycles. The minimum absolute atomic E-state index is 0.115. The summed E-state index contributed by atoms with van der Waals surface area (Å²) in [5, 5.41) is 1.07. The Kier molecular flexibility index (Phi) is 4.12. The van der Waals surface area contributed by atoms with E-state index >= 15 is 0 Å². The molecule has 1 aromatic carbocycles. The lowest BCUT2D eigenvalue weighted by molar-refractivity contribution is 0.345. The van der Waals surface area contributed by atoms with E-state index in [9.17, 15) is 4.79 Å². The first-order valence-corrected chi connectivity index (χ1v) is 9.98. The van der Waals surface area contributed by atoms with Crippen LogP contribution in [0.1, 0.15) is 38.1 Å². The van der Waals surface area contributed by atoms with Crippen molar-refractivity contribution >= 4 is 53.3 Å². The molecule has 126 valence electrons. The lowest BCUT2D eigenvalue weighted by atomic mass is 9.95. The molecule has 0 bridgehead atoms. The van der Waals surface area contributed by atoms with Crippen molar-refractivity contribution in [1.82, 2.24) is 9.55 Å². The fourth-order valence-electron chi connectivity index (χ4n) is 3.69. The number of halogens is 1. The molecule has 0 aliphatic heterocycles. The summed E-state index contributed by atoms with van der Waals surface area (Å²) in [6.45, 7) is 0. The molecule has 1 aliphatic rings. The second-order valence-corrected chi connectivity index (χ2v) is 8.57. The van der Waals surface area contributed by atoms with Gasteiger partial charge in [-0.05, 0) is 40.9 Å². The van der Waals surface area contributed by atoms with Crippen LogP contribution in [-0.4, -0.2) is 23.6 Å². The first-order valence-electron chi connectivity index (χ1n) is 8.37. The molecule has 2 heterocycles. The van der Waals surface area contributed by atoms with E-state index < -0.39 is 0 Å². The molecule has 6 heteroatoms. The summed E-state index contributed by atoms with van der Waals surface area (Å²) in [6, 6.07) is 4.43. The van der Waals surface area contributed by atoms with Crippen LogP contribution in [0.3, 0.4) is 0 Å². The molecule has 0 atom stereocenters. The summed E-state index contributed by atoms with van der Waals surface area (Å²) in [5.74, 6) is 0. The Labute approximate surface area is 153 Å². The molecule has 2 aromatic heterocycles. The van der Waals surface area contributed by atoms with Gasteiger partial charge in [0.25, 0.3) is 5.56 Å². The number of hydrogen-bond acceptors (Lipinski definition) is 4. The SMILES string of the molecule is CN(C)c1ccc(Br)c2sc3c(=O)n(C4CCCCC4)cnc3c12. The van der Waals surface area contributed by atoms with Crippen LogP contribution in [0.2, 0.25) is 0 Å².